The van der Waals surface area contributed by atoms with Gasteiger partial charge in [0.2, 0.25) is 5.69 Å². The molecule has 1 aromatic heterocycles. The third kappa shape index (κ3) is 3.23. The van der Waals surface area contributed by atoms with Crippen LogP contribution in [0.2, 0.25) is 0 Å². The minimum absolute atomic E-state index is 0.134. The van der Waals surface area contributed by atoms with Gasteiger partial charge in [-0.1, -0.05) is 45.0 Å². The van der Waals surface area contributed by atoms with Crippen molar-refractivity contribution in [3.05, 3.63) is 47.5 Å². The summed E-state index contributed by atoms with van der Waals surface area (Å²) in [5.41, 5.74) is 5.20. The van der Waals surface area contributed by atoms with Crippen LogP contribution < -0.4 is 5.43 Å². The summed E-state index contributed by atoms with van der Waals surface area (Å²) in [5, 5.41) is 12.8. The van der Waals surface area contributed by atoms with Crippen molar-refractivity contribution in [2.75, 3.05) is 5.43 Å². The second-order valence-corrected chi connectivity index (χ2v) is 5.38. The highest BCUT2D eigenvalue weighted by Gasteiger charge is 2.12. The fourth-order valence-corrected chi connectivity index (χ4v) is 1.64. The zero-order chi connectivity index (χ0) is 14.6. The minimum atomic E-state index is 0.134. The van der Waals surface area contributed by atoms with E-state index in [0.717, 1.165) is 5.56 Å². The molecule has 0 fully saturated rings. The van der Waals surface area contributed by atoms with Crippen LogP contribution in [0.25, 0.3) is 0 Å². The molecule has 0 amide bonds. The molecule has 1 aromatic carbocycles. The van der Waals surface area contributed by atoms with E-state index in [1.54, 1.807) is 6.21 Å². The normalized spacial score (nSPS) is 11.5. The first-order chi connectivity index (χ1) is 9.50. The molecule has 0 saturated carbocycles. The molecule has 2 aromatic rings. The molecule has 0 unspecified atom stereocenters. The van der Waals surface area contributed by atoms with Gasteiger partial charge in [0, 0.05) is 0 Å². The number of nitrogens with one attached hydrogen (secondary N) is 1. The summed E-state index contributed by atoms with van der Waals surface area (Å²) in [6.45, 7) is 6.51. The van der Waals surface area contributed by atoms with E-state index in [1.807, 2.05) is 18.2 Å². The van der Waals surface area contributed by atoms with Crippen LogP contribution >= 0.6 is 0 Å². The van der Waals surface area contributed by atoms with Gasteiger partial charge >= 0.3 is 0 Å². The lowest BCUT2D eigenvalue weighted by Gasteiger charge is -2.18. The number of hydrogen-bond donors (Lipinski definition) is 1. The van der Waals surface area contributed by atoms with Gasteiger partial charge in [-0.2, -0.15) is 10.4 Å². The number of hydrazone groups is 1. The van der Waals surface area contributed by atoms with Crippen molar-refractivity contribution in [1.29, 1.82) is 5.26 Å². The molecule has 5 nitrogen and oxygen atoms in total. The Labute approximate surface area is 118 Å². The molecule has 0 saturated heterocycles. The van der Waals surface area contributed by atoms with E-state index in [4.69, 9.17) is 9.68 Å². The Balaban J connectivity index is 2.04. The van der Waals surface area contributed by atoms with Crippen LogP contribution in [0, 0.1) is 11.3 Å². The molecule has 5 heteroatoms. The van der Waals surface area contributed by atoms with Crippen molar-refractivity contribution >= 4 is 12.1 Å². The Kier molecular flexibility index (Phi) is 3.85. The lowest BCUT2D eigenvalue weighted by atomic mass is 9.87. The molecule has 0 spiro atoms. The van der Waals surface area contributed by atoms with Gasteiger partial charge in [-0.05, 0) is 16.5 Å². The molecule has 0 atom stereocenters. The summed E-state index contributed by atoms with van der Waals surface area (Å²) in [6, 6.07) is 10.1. The van der Waals surface area contributed by atoms with Gasteiger partial charge in [0.05, 0.1) is 6.21 Å². The quantitative estimate of drug-likeness (QED) is 0.684. The number of benzene rings is 1. The van der Waals surface area contributed by atoms with Crippen molar-refractivity contribution in [3.63, 3.8) is 0 Å². The Morgan fingerprint density at radius 3 is 2.60 bits per heavy atom. The van der Waals surface area contributed by atoms with Crippen molar-refractivity contribution in [2.45, 2.75) is 26.2 Å². The van der Waals surface area contributed by atoms with Crippen LogP contribution in [0.1, 0.15) is 37.6 Å². The smallest absolute Gasteiger partial charge is 0.251 e. The summed E-state index contributed by atoms with van der Waals surface area (Å²) in [5.74, 6) is 0.245. The number of aromatic nitrogens is 1. The highest BCUT2D eigenvalue weighted by Crippen LogP contribution is 2.21. The van der Waals surface area contributed by atoms with E-state index in [1.165, 1.54) is 12.0 Å². The highest BCUT2D eigenvalue weighted by molar-refractivity contribution is 5.80. The van der Waals surface area contributed by atoms with Crippen molar-refractivity contribution in [2.24, 2.45) is 5.10 Å². The first kappa shape index (κ1) is 13.8. The maximum atomic E-state index is 8.77. The van der Waals surface area contributed by atoms with Gasteiger partial charge < -0.3 is 4.42 Å². The zero-order valence-electron chi connectivity index (χ0n) is 11.7. The van der Waals surface area contributed by atoms with Crippen molar-refractivity contribution < 1.29 is 4.42 Å². The van der Waals surface area contributed by atoms with E-state index in [-0.39, 0.29) is 17.0 Å². The Morgan fingerprint density at radius 2 is 2.00 bits per heavy atom. The summed E-state index contributed by atoms with van der Waals surface area (Å²) in [7, 11) is 0. The van der Waals surface area contributed by atoms with Crippen LogP contribution in [0.4, 0.5) is 5.88 Å². The molecule has 0 bridgehead atoms. The van der Waals surface area contributed by atoms with Gasteiger partial charge in [0.1, 0.15) is 6.07 Å². The molecule has 20 heavy (non-hydrogen) atoms. The first-order valence-electron chi connectivity index (χ1n) is 6.24. The molecule has 0 aliphatic carbocycles. The van der Waals surface area contributed by atoms with Gasteiger partial charge in [-0.3, -0.25) is 0 Å². The van der Waals surface area contributed by atoms with Gasteiger partial charge in [0.25, 0.3) is 5.88 Å². The second kappa shape index (κ2) is 5.57. The third-order valence-corrected chi connectivity index (χ3v) is 2.83. The lowest BCUT2D eigenvalue weighted by molar-refractivity contribution is 0.570. The zero-order valence-corrected chi connectivity index (χ0v) is 11.7. The van der Waals surface area contributed by atoms with E-state index < -0.39 is 0 Å². The topological polar surface area (TPSA) is 74.2 Å². The number of oxazole rings is 1. The van der Waals surface area contributed by atoms with Crippen LogP contribution in [0.5, 0.6) is 0 Å². The van der Waals surface area contributed by atoms with Crippen molar-refractivity contribution in [1.82, 2.24) is 4.98 Å². The second-order valence-electron chi connectivity index (χ2n) is 5.38. The summed E-state index contributed by atoms with van der Waals surface area (Å²) in [6.07, 6.45) is 2.87. The van der Waals surface area contributed by atoms with Gasteiger partial charge in [-0.25, -0.2) is 10.4 Å². The highest BCUT2D eigenvalue weighted by atomic mass is 16.4. The Hall–Kier alpha value is -2.61. The van der Waals surface area contributed by atoms with Crippen molar-refractivity contribution in [3.8, 4) is 6.07 Å². The number of nitrogens with zero attached hydrogens (tertiary/aromatic N) is 3. The van der Waals surface area contributed by atoms with Crippen LogP contribution in [0.15, 0.2) is 40.2 Å². The average molecular weight is 268 g/mol. The van der Waals surface area contributed by atoms with Crippen LogP contribution in [-0.4, -0.2) is 11.2 Å². The maximum absolute atomic E-state index is 8.77. The lowest BCUT2D eigenvalue weighted by Crippen LogP contribution is -2.10. The van der Waals surface area contributed by atoms with Gasteiger partial charge in [-0.15, -0.1) is 0 Å². The molecule has 0 radical (unpaired) electrons. The van der Waals surface area contributed by atoms with Gasteiger partial charge in [0.15, 0.2) is 6.39 Å². The molecule has 0 aliphatic rings. The SMILES string of the molecule is CC(C)(C)c1ccc(C=NNc2ocnc2C#N)cc1. The fraction of sp³-hybridized carbons (Fsp3) is 0.267. The third-order valence-electron chi connectivity index (χ3n) is 2.83. The largest absolute Gasteiger partial charge is 0.425 e. The van der Waals surface area contributed by atoms with E-state index in [0.29, 0.717) is 0 Å². The molecule has 2 rings (SSSR count). The summed E-state index contributed by atoms with van der Waals surface area (Å²) >= 11 is 0. The molecule has 1 heterocycles. The fourth-order valence-electron chi connectivity index (χ4n) is 1.64. The van der Waals surface area contributed by atoms with E-state index in [9.17, 15) is 0 Å². The minimum Gasteiger partial charge on any atom is -0.425 e. The molecular weight excluding hydrogens is 252 g/mol. The number of hydrogen-bond acceptors (Lipinski definition) is 5. The molecular formula is C15H16N4O. The van der Waals surface area contributed by atoms with E-state index in [2.05, 4.69) is 48.4 Å². The van der Waals surface area contributed by atoms with E-state index >= 15 is 0 Å². The predicted molar refractivity (Wildman–Crippen MR) is 77.6 cm³/mol. The standard InChI is InChI=1S/C15H16N4O/c1-15(2,3)12-6-4-11(5-7-12)9-18-19-14-13(8-16)17-10-20-14/h4-7,9-10,19H,1-3H3. The Bertz CT molecular complexity index is 642. The summed E-state index contributed by atoms with van der Waals surface area (Å²) in [4.78, 5) is 3.73. The number of anilines is 1. The van der Waals surface area contributed by atoms with Crippen LogP contribution in [0.3, 0.4) is 0 Å². The molecule has 102 valence electrons. The molecule has 0 aliphatic heterocycles. The number of nitriles is 1. The maximum Gasteiger partial charge on any atom is 0.251 e. The summed E-state index contributed by atoms with van der Waals surface area (Å²) < 4.78 is 5.00. The van der Waals surface area contributed by atoms with Crippen LogP contribution in [-0.2, 0) is 5.41 Å². The monoisotopic (exact) mass is 268 g/mol. The number of rotatable bonds is 3. The Morgan fingerprint density at radius 1 is 1.30 bits per heavy atom. The molecule has 1 N–H and O–H groups in total. The average Bonchev–Trinajstić information content (AvgIpc) is 2.86. The predicted octanol–water partition coefficient (Wildman–Crippen LogP) is 3.29. The first-order valence-corrected chi connectivity index (χ1v) is 6.24.